The molecule has 1 saturated heterocycles. The highest BCUT2D eigenvalue weighted by Gasteiger charge is 2.59. The lowest BCUT2D eigenvalue weighted by Gasteiger charge is -2.22. The Morgan fingerprint density at radius 1 is 1.15 bits per heavy atom. The number of fused-ring (bicyclic) bond motifs is 1. The van der Waals surface area contributed by atoms with E-state index in [1.165, 1.54) is 16.8 Å². The standard InChI is InChI=1S/C28H27ClFN7O2/c1-15-18(14-37(35-15)27-32-7-4-8-33-27)26(38)36-12-19-20(13-36)25(19)39-24-11-17(28(2,3)31)10-23(34-24)16-5-6-21(29)22(30)9-16/h4-11,14,19-20,25H,12-13,31H2,1-3H3/t19-,20+,25-. The summed E-state index contributed by atoms with van der Waals surface area (Å²) in [6, 6.07) is 9.97. The van der Waals surface area contributed by atoms with E-state index >= 15 is 0 Å². The second-order valence-electron chi connectivity index (χ2n) is 10.7. The molecule has 0 spiro atoms. The summed E-state index contributed by atoms with van der Waals surface area (Å²) < 4.78 is 22.0. The lowest BCUT2D eigenvalue weighted by atomic mass is 9.95. The molecule has 200 valence electrons. The molecule has 4 aromatic rings. The molecule has 39 heavy (non-hydrogen) atoms. The van der Waals surface area contributed by atoms with Gasteiger partial charge < -0.3 is 15.4 Å². The van der Waals surface area contributed by atoms with Crippen LogP contribution in [0.2, 0.25) is 5.02 Å². The first kappa shape index (κ1) is 25.4. The van der Waals surface area contributed by atoms with Crippen LogP contribution in [0.1, 0.15) is 35.5 Å². The number of pyridine rings is 1. The normalized spacial score (nSPS) is 20.2. The zero-order chi connectivity index (χ0) is 27.5. The summed E-state index contributed by atoms with van der Waals surface area (Å²) in [5, 5.41) is 4.46. The fraction of sp³-hybridized carbons (Fsp3) is 0.321. The maximum atomic E-state index is 14.2. The molecule has 9 nitrogen and oxygen atoms in total. The number of aryl methyl sites for hydroxylation is 1. The predicted octanol–water partition coefficient (Wildman–Crippen LogP) is 4.17. The number of likely N-dealkylation sites (tertiary alicyclic amines) is 1. The molecule has 2 N–H and O–H groups in total. The van der Waals surface area contributed by atoms with Crippen molar-refractivity contribution in [3.63, 3.8) is 0 Å². The van der Waals surface area contributed by atoms with Crippen LogP contribution in [0.5, 0.6) is 5.88 Å². The highest BCUT2D eigenvalue weighted by molar-refractivity contribution is 6.30. The fourth-order valence-corrected chi connectivity index (χ4v) is 5.16. The number of halogens is 2. The smallest absolute Gasteiger partial charge is 0.257 e. The minimum Gasteiger partial charge on any atom is -0.474 e. The molecule has 4 heterocycles. The number of ether oxygens (including phenoxy) is 1. The molecule has 0 bridgehead atoms. The van der Waals surface area contributed by atoms with Gasteiger partial charge in [0.2, 0.25) is 11.8 Å². The van der Waals surface area contributed by atoms with Crippen LogP contribution in [0.15, 0.2) is 55.0 Å². The number of carbonyl (C=O) groups is 1. The third-order valence-corrected chi connectivity index (χ3v) is 7.61. The largest absolute Gasteiger partial charge is 0.474 e. The van der Waals surface area contributed by atoms with Crippen LogP contribution in [0.4, 0.5) is 4.39 Å². The number of piperidine rings is 1. The summed E-state index contributed by atoms with van der Waals surface area (Å²) in [4.78, 5) is 28.2. The highest BCUT2D eigenvalue weighted by atomic mass is 35.5. The Bertz CT molecular complexity index is 1560. The molecular formula is C28H27ClFN7O2. The summed E-state index contributed by atoms with van der Waals surface area (Å²) in [6.45, 7) is 6.75. The Labute approximate surface area is 229 Å². The SMILES string of the molecule is Cc1nn(-c2ncccn2)cc1C(=O)N1C[C@@H]2[C@H](C1)[C@@H]2Oc1cc(C(C)(C)N)cc(-c2ccc(Cl)c(F)c2)n1. The number of amides is 1. The van der Waals surface area contributed by atoms with Crippen LogP contribution in [0.25, 0.3) is 17.2 Å². The Hall–Kier alpha value is -3.89. The molecule has 6 rings (SSSR count). The van der Waals surface area contributed by atoms with Gasteiger partial charge in [0.15, 0.2) is 0 Å². The lowest BCUT2D eigenvalue weighted by Crippen LogP contribution is -2.33. The summed E-state index contributed by atoms with van der Waals surface area (Å²) in [7, 11) is 0. The van der Waals surface area contributed by atoms with Crippen molar-refractivity contribution in [1.82, 2.24) is 29.6 Å². The average molecular weight is 548 g/mol. The number of nitrogens with zero attached hydrogens (tertiary/aromatic N) is 6. The topological polar surface area (TPSA) is 112 Å². The van der Waals surface area contributed by atoms with E-state index in [1.54, 1.807) is 37.6 Å². The molecule has 3 atom stereocenters. The van der Waals surface area contributed by atoms with Crippen LogP contribution < -0.4 is 10.5 Å². The van der Waals surface area contributed by atoms with Crippen molar-refractivity contribution in [2.45, 2.75) is 32.4 Å². The zero-order valence-corrected chi connectivity index (χ0v) is 22.4. The highest BCUT2D eigenvalue weighted by Crippen LogP contribution is 2.48. The molecule has 3 aromatic heterocycles. The predicted molar refractivity (Wildman–Crippen MR) is 143 cm³/mol. The molecule has 1 aromatic carbocycles. The van der Waals surface area contributed by atoms with Crippen LogP contribution in [0.3, 0.4) is 0 Å². The molecule has 0 unspecified atom stereocenters. The molecular weight excluding hydrogens is 521 g/mol. The van der Waals surface area contributed by atoms with Gasteiger partial charge in [0.05, 0.1) is 22.0 Å². The lowest BCUT2D eigenvalue weighted by molar-refractivity contribution is 0.0751. The van der Waals surface area contributed by atoms with E-state index in [0.717, 1.165) is 5.56 Å². The molecule has 1 amide bonds. The van der Waals surface area contributed by atoms with Gasteiger partial charge in [0.25, 0.3) is 5.91 Å². The third-order valence-electron chi connectivity index (χ3n) is 7.31. The summed E-state index contributed by atoms with van der Waals surface area (Å²) in [6.07, 6.45) is 4.87. The number of nitrogens with two attached hydrogens (primary N) is 1. The van der Waals surface area contributed by atoms with Crippen LogP contribution in [-0.4, -0.2) is 54.7 Å². The van der Waals surface area contributed by atoms with E-state index in [9.17, 15) is 9.18 Å². The quantitative estimate of drug-likeness (QED) is 0.385. The summed E-state index contributed by atoms with van der Waals surface area (Å²) in [5.41, 5.74) is 8.83. The molecule has 2 fully saturated rings. The molecule has 11 heteroatoms. The fourth-order valence-electron chi connectivity index (χ4n) is 5.05. The Balaban J connectivity index is 1.17. The molecule has 1 aliphatic carbocycles. The van der Waals surface area contributed by atoms with E-state index in [2.05, 4.69) is 20.1 Å². The van der Waals surface area contributed by atoms with Crippen molar-refractivity contribution in [3.05, 3.63) is 82.6 Å². The molecule has 1 aliphatic heterocycles. The van der Waals surface area contributed by atoms with Crippen LogP contribution in [-0.2, 0) is 5.54 Å². The van der Waals surface area contributed by atoms with Gasteiger partial charge in [-0.05, 0) is 50.6 Å². The monoisotopic (exact) mass is 547 g/mol. The maximum Gasteiger partial charge on any atom is 0.257 e. The first-order valence-corrected chi connectivity index (χ1v) is 13.0. The van der Waals surface area contributed by atoms with Gasteiger partial charge in [0, 0.05) is 60.7 Å². The van der Waals surface area contributed by atoms with E-state index in [1.807, 2.05) is 30.9 Å². The molecule has 0 radical (unpaired) electrons. The zero-order valence-electron chi connectivity index (χ0n) is 21.7. The summed E-state index contributed by atoms with van der Waals surface area (Å²) in [5.74, 6) is 0.651. The first-order chi connectivity index (χ1) is 18.6. The van der Waals surface area contributed by atoms with Crippen molar-refractivity contribution in [2.75, 3.05) is 13.1 Å². The second-order valence-corrected chi connectivity index (χ2v) is 11.1. The third kappa shape index (κ3) is 4.86. The van der Waals surface area contributed by atoms with Gasteiger partial charge in [-0.2, -0.15) is 5.10 Å². The molecule has 1 saturated carbocycles. The van der Waals surface area contributed by atoms with Crippen molar-refractivity contribution in [1.29, 1.82) is 0 Å². The number of carbonyl (C=O) groups excluding carboxylic acids is 1. The van der Waals surface area contributed by atoms with Gasteiger partial charge in [-0.25, -0.2) is 24.0 Å². The average Bonchev–Trinajstić information content (AvgIpc) is 3.22. The van der Waals surface area contributed by atoms with E-state index in [0.29, 0.717) is 47.4 Å². The number of aromatic nitrogens is 5. The van der Waals surface area contributed by atoms with E-state index in [4.69, 9.17) is 22.1 Å². The minimum absolute atomic E-state index is 0.0476. The Morgan fingerprint density at radius 3 is 2.54 bits per heavy atom. The van der Waals surface area contributed by atoms with Gasteiger partial charge in [-0.1, -0.05) is 17.7 Å². The number of rotatable bonds is 6. The van der Waals surface area contributed by atoms with Gasteiger partial charge in [0.1, 0.15) is 11.9 Å². The van der Waals surface area contributed by atoms with E-state index < -0.39 is 11.4 Å². The maximum absolute atomic E-state index is 14.2. The first-order valence-electron chi connectivity index (χ1n) is 12.6. The molecule has 2 aliphatic rings. The van der Waals surface area contributed by atoms with Gasteiger partial charge in [-0.15, -0.1) is 0 Å². The van der Waals surface area contributed by atoms with Gasteiger partial charge >= 0.3 is 0 Å². The van der Waals surface area contributed by atoms with Crippen molar-refractivity contribution < 1.29 is 13.9 Å². The van der Waals surface area contributed by atoms with Gasteiger partial charge in [-0.3, -0.25) is 4.79 Å². The number of hydrogen-bond donors (Lipinski definition) is 1. The second kappa shape index (κ2) is 9.39. The minimum atomic E-state index is -0.656. The number of hydrogen-bond acceptors (Lipinski definition) is 7. The van der Waals surface area contributed by atoms with Crippen LogP contribution >= 0.6 is 11.6 Å². The summed E-state index contributed by atoms with van der Waals surface area (Å²) >= 11 is 5.87. The van der Waals surface area contributed by atoms with Crippen molar-refractivity contribution in [3.8, 4) is 23.1 Å². The van der Waals surface area contributed by atoms with Crippen molar-refractivity contribution >= 4 is 17.5 Å². The Morgan fingerprint density at radius 2 is 1.87 bits per heavy atom. The Kier molecular flexibility index (Phi) is 6.11. The van der Waals surface area contributed by atoms with Crippen LogP contribution in [0, 0.1) is 24.6 Å². The van der Waals surface area contributed by atoms with E-state index in [-0.39, 0.29) is 28.9 Å². The number of benzene rings is 1. The van der Waals surface area contributed by atoms with Crippen molar-refractivity contribution in [2.24, 2.45) is 17.6 Å².